The van der Waals surface area contributed by atoms with E-state index in [1.165, 1.54) is 6.07 Å². The molecule has 0 fully saturated rings. The highest BCUT2D eigenvalue weighted by Crippen LogP contribution is 2.34. The summed E-state index contributed by atoms with van der Waals surface area (Å²) < 4.78 is 24.8. The van der Waals surface area contributed by atoms with Crippen LogP contribution in [-0.4, -0.2) is 22.3 Å². The van der Waals surface area contributed by atoms with E-state index in [9.17, 15) is 19.1 Å². The van der Waals surface area contributed by atoms with Crippen LogP contribution in [0.5, 0.6) is 0 Å². The van der Waals surface area contributed by atoms with Crippen LogP contribution in [0, 0.1) is 19.7 Å². The number of hydrogen-bond donors (Lipinski definition) is 2. The third kappa shape index (κ3) is 5.53. The molecule has 0 bridgehead atoms. The third-order valence-electron chi connectivity index (χ3n) is 6.31. The molecule has 8 heteroatoms. The SMILES string of the molecule is Cc1cc(-c2noc(C)c2NC(=O)O[C@H](C)c2ccccc2F)ccc1-c1ccc(C(C)C(=O)O)cc1. The van der Waals surface area contributed by atoms with Crippen molar-refractivity contribution in [2.24, 2.45) is 0 Å². The van der Waals surface area contributed by atoms with Gasteiger partial charge in [-0.25, -0.2) is 9.18 Å². The normalized spacial score (nSPS) is 12.6. The van der Waals surface area contributed by atoms with E-state index in [0.29, 0.717) is 17.1 Å². The van der Waals surface area contributed by atoms with Crippen LogP contribution in [0.25, 0.3) is 22.4 Å². The van der Waals surface area contributed by atoms with E-state index in [0.717, 1.165) is 27.8 Å². The molecular formula is C29H27FN2O5. The zero-order chi connectivity index (χ0) is 26.7. The van der Waals surface area contributed by atoms with Gasteiger partial charge in [-0.1, -0.05) is 59.8 Å². The molecule has 0 saturated carbocycles. The first-order chi connectivity index (χ1) is 17.7. The summed E-state index contributed by atoms with van der Waals surface area (Å²) in [7, 11) is 0. The summed E-state index contributed by atoms with van der Waals surface area (Å²) in [6.45, 7) is 6.87. The minimum Gasteiger partial charge on any atom is -0.481 e. The van der Waals surface area contributed by atoms with Crippen molar-refractivity contribution in [2.45, 2.75) is 39.7 Å². The summed E-state index contributed by atoms with van der Waals surface area (Å²) in [6.07, 6.45) is -1.55. The Morgan fingerprint density at radius 1 is 1.00 bits per heavy atom. The van der Waals surface area contributed by atoms with Crippen LogP contribution in [0.1, 0.15) is 48.3 Å². The summed E-state index contributed by atoms with van der Waals surface area (Å²) in [4.78, 5) is 23.8. The van der Waals surface area contributed by atoms with Crippen LogP contribution in [0.3, 0.4) is 0 Å². The number of nitrogens with one attached hydrogen (secondary N) is 1. The highest BCUT2D eigenvalue weighted by Gasteiger charge is 2.21. The number of amides is 1. The molecule has 0 saturated heterocycles. The molecule has 7 nitrogen and oxygen atoms in total. The van der Waals surface area contributed by atoms with E-state index in [2.05, 4.69) is 10.5 Å². The molecule has 0 aliphatic heterocycles. The van der Waals surface area contributed by atoms with Gasteiger partial charge in [0.05, 0.1) is 5.92 Å². The smallest absolute Gasteiger partial charge is 0.412 e. The summed E-state index contributed by atoms with van der Waals surface area (Å²) in [6, 6.07) is 19.3. The van der Waals surface area contributed by atoms with E-state index in [-0.39, 0.29) is 5.56 Å². The summed E-state index contributed by atoms with van der Waals surface area (Å²) >= 11 is 0. The molecular weight excluding hydrogens is 475 g/mol. The maximum absolute atomic E-state index is 14.0. The Labute approximate surface area is 213 Å². The van der Waals surface area contributed by atoms with Crippen molar-refractivity contribution in [3.05, 3.63) is 95.0 Å². The van der Waals surface area contributed by atoms with Gasteiger partial charge in [0.2, 0.25) is 0 Å². The second-order valence-corrected chi connectivity index (χ2v) is 8.87. The Bertz CT molecular complexity index is 1450. The molecule has 0 aliphatic carbocycles. The number of ether oxygens (including phenoxy) is 1. The van der Waals surface area contributed by atoms with Crippen molar-refractivity contribution in [1.29, 1.82) is 0 Å². The van der Waals surface area contributed by atoms with Gasteiger partial charge in [0.25, 0.3) is 0 Å². The molecule has 4 aromatic rings. The number of carbonyl (C=O) groups excluding carboxylic acids is 1. The van der Waals surface area contributed by atoms with E-state index in [1.807, 2.05) is 49.4 Å². The minimum absolute atomic E-state index is 0.275. The lowest BCUT2D eigenvalue weighted by molar-refractivity contribution is -0.138. The fourth-order valence-corrected chi connectivity index (χ4v) is 4.11. The van der Waals surface area contributed by atoms with Crippen LogP contribution < -0.4 is 5.32 Å². The van der Waals surface area contributed by atoms with Crippen molar-refractivity contribution in [3.8, 4) is 22.4 Å². The van der Waals surface area contributed by atoms with E-state index < -0.39 is 29.9 Å². The molecule has 1 unspecified atom stereocenters. The lowest BCUT2D eigenvalue weighted by atomic mass is 9.94. The average Bonchev–Trinajstić information content (AvgIpc) is 3.23. The molecule has 3 aromatic carbocycles. The van der Waals surface area contributed by atoms with Crippen LogP contribution >= 0.6 is 0 Å². The maximum Gasteiger partial charge on any atom is 0.412 e. The molecule has 1 aromatic heterocycles. The van der Waals surface area contributed by atoms with E-state index >= 15 is 0 Å². The Morgan fingerprint density at radius 3 is 2.32 bits per heavy atom. The fourth-order valence-electron chi connectivity index (χ4n) is 4.11. The van der Waals surface area contributed by atoms with Gasteiger partial charge in [0, 0.05) is 11.1 Å². The lowest BCUT2D eigenvalue weighted by Gasteiger charge is -2.15. The predicted molar refractivity (Wildman–Crippen MR) is 138 cm³/mol. The molecule has 2 atom stereocenters. The van der Waals surface area contributed by atoms with Crippen molar-refractivity contribution >= 4 is 17.7 Å². The van der Waals surface area contributed by atoms with Crippen molar-refractivity contribution < 1.29 is 28.3 Å². The molecule has 190 valence electrons. The Hall–Kier alpha value is -4.46. The lowest BCUT2D eigenvalue weighted by Crippen LogP contribution is -2.17. The molecule has 0 radical (unpaired) electrons. The van der Waals surface area contributed by atoms with Crippen LogP contribution in [-0.2, 0) is 9.53 Å². The van der Waals surface area contributed by atoms with Gasteiger partial charge < -0.3 is 14.4 Å². The first-order valence-electron chi connectivity index (χ1n) is 11.8. The van der Waals surface area contributed by atoms with Gasteiger partial charge >= 0.3 is 12.1 Å². The molecule has 0 aliphatic rings. The van der Waals surface area contributed by atoms with Crippen LogP contribution in [0.4, 0.5) is 14.9 Å². The molecule has 2 N–H and O–H groups in total. The number of anilines is 1. The van der Waals surface area contributed by atoms with Crippen molar-refractivity contribution in [2.75, 3.05) is 5.32 Å². The second-order valence-electron chi connectivity index (χ2n) is 8.87. The average molecular weight is 503 g/mol. The topological polar surface area (TPSA) is 102 Å². The minimum atomic E-state index is -0.869. The number of benzene rings is 3. The number of nitrogens with zero attached hydrogens (tertiary/aromatic N) is 1. The van der Waals surface area contributed by atoms with Crippen molar-refractivity contribution in [1.82, 2.24) is 5.16 Å². The largest absolute Gasteiger partial charge is 0.481 e. The Kier molecular flexibility index (Phi) is 7.38. The van der Waals surface area contributed by atoms with Gasteiger partial charge in [-0.05, 0) is 62.1 Å². The van der Waals surface area contributed by atoms with Crippen LogP contribution in [0.15, 0.2) is 71.3 Å². The number of aromatic nitrogens is 1. The number of carbonyl (C=O) groups is 2. The van der Waals surface area contributed by atoms with Crippen LogP contribution in [0.2, 0.25) is 0 Å². The second kappa shape index (κ2) is 10.7. The van der Waals surface area contributed by atoms with Gasteiger partial charge in [0.1, 0.15) is 23.3 Å². The third-order valence-corrected chi connectivity index (χ3v) is 6.31. The zero-order valence-corrected chi connectivity index (χ0v) is 20.9. The van der Waals surface area contributed by atoms with E-state index in [1.54, 1.807) is 39.0 Å². The Balaban J connectivity index is 1.53. The number of halogens is 1. The quantitative estimate of drug-likeness (QED) is 0.276. The number of carboxylic acid groups (broad SMARTS) is 1. The summed E-state index contributed by atoms with van der Waals surface area (Å²) in [5.74, 6) is -1.51. The molecule has 4 rings (SSSR count). The van der Waals surface area contributed by atoms with Gasteiger partial charge in [-0.2, -0.15) is 0 Å². The van der Waals surface area contributed by atoms with E-state index in [4.69, 9.17) is 9.26 Å². The molecule has 1 amide bonds. The van der Waals surface area contributed by atoms with Gasteiger partial charge in [0.15, 0.2) is 5.76 Å². The predicted octanol–water partition coefficient (Wildman–Crippen LogP) is 7.26. The van der Waals surface area contributed by atoms with Crippen molar-refractivity contribution in [3.63, 3.8) is 0 Å². The number of aryl methyl sites for hydroxylation is 2. The molecule has 1 heterocycles. The molecule has 0 spiro atoms. The Morgan fingerprint density at radius 2 is 1.68 bits per heavy atom. The summed E-state index contributed by atoms with van der Waals surface area (Å²) in [5.41, 5.74) is 5.42. The monoisotopic (exact) mass is 502 g/mol. The van der Waals surface area contributed by atoms with Gasteiger partial charge in [-0.3, -0.25) is 10.1 Å². The zero-order valence-electron chi connectivity index (χ0n) is 20.9. The number of aliphatic carboxylic acids is 1. The molecule has 37 heavy (non-hydrogen) atoms. The maximum atomic E-state index is 14.0. The van der Waals surface area contributed by atoms with Gasteiger partial charge in [-0.15, -0.1) is 0 Å². The fraction of sp³-hybridized carbons (Fsp3) is 0.207. The summed E-state index contributed by atoms with van der Waals surface area (Å²) in [5, 5.41) is 16.0. The highest BCUT2D eigenvalue weighted by atomic mass is 19.1. The standard InChI is InChI=1S/C29H27FN2O5/c1-16-15-22(13-14-23(16)21-11-9-20(10-12-21)17(2)28(33)34)27-26(19(4)37-32-27)31-29(35)36-18(3)24-7-5-6-8-25(24)30/h5-15,17-18H,1-4H3,(H,31,35)(H,33,34)/t17?,18-/m1/s1. The number of hydrogen-bond acceptors (Lipinski definition) is 5. The first kappa shape index (κ1) is 25.6. The first-order valence-corrected chi connectivity index (χ1v) is 11.8. The highest BCUT2D eigenvalue weighted by molar-refractivity contribution is 5.91. The number of carboxylic acids is 1. The number of rotatable bonds is 7.